The van der Waals surface area contributed by atoms with Crippen molar-refractivity contribution >= 4 is 11.5 Å². The maximum atomic E-state index is 5.89. The van der Waals surface area contributed by atoms with Gasteiger partial charge in [-0.15, -0.1) is 0 Å². The molecular weight excluding hydrogens is 212 g/mol. The third-order valence-corrected chi connectivity index (χ3v) is 3.46. The van der Waals surface area contributed by atoms with Gasteiger partial charge in [-0.3, -0.25) is 0 Å². The van der Waals surface area contributed by atoms with Crippen LogP contribution < -0.4 is 11.1 Å². The Hall–Kier alpha value is -1.29. The SMILES string of the molecule is Cc1ccc(N)c(NCC2CCN(C)CC2)n1. The third-order valence-electron chi connectivity index (χ3n) is 3.46. The summed E-state index contributed by atoms with van der Waals surface area (Å²) in [5, 5.41) is 3.38. The first kappa shape index (κ1) is 12.2. The monoisotopic (exact) mass is 234 g/mol. The van der Waals surface area contributed by atoms with Crippen LogP contribution in [-0.2, 0) is 0 Å². The first-order valence-electron chi connectivity index (χ1n) is 6.30. The second-order valence-electron chi connectivity index (χ2n) is 5.02. The summed E-state index contributed by atoms with van der Waals surface area (Å²) in [5.41, 5.74) is 7.64. The van der Waals surface area contributed by atoms with E-state index in [1.165, 1.54) is 25.9 Å². The van der Waals surface area contributed by atoms with Crippen molar-refractivity contribution in [2.45, 2.75) is 19.8 Å². The minimum absolute atomic E-state index is 0.739. The first-order chi connectivity index (χ1) is 8.15. The van der Waals surface area contributed by atoms with E-state index in [1.54, 1.807) is 0 Å². The molecule has 0 bridgehead atoms. The number of hydrogen-bond donors (Lipinski definition) is 2. The molecule has 1 aliphatic heterocycles. The number of nitrogens with one attached hydrogen (secondary N) is 1. The lowest BCUT2D eigenvalue weighted by Gasteiger charge is -2.29. The van der Waals surface area contributed by atoms with Crippen molar-refractivity contribution < 1.29 is 0 Å². The van der Waals surface area contributed by atoms with E-state index in [1.807, 2.05) is 19.1 Å². The molecule has 17 heavy (non-hydrogen) atoms. The van der Waals surface area contributed by atoms with Gasteiger partial charge in [0.1, 0.15) is 5.82 Å². The van der Waals surface area contributed by atoms with E-state index in [0.29, 0.717) is 0 Å². The Labute approximate surface area is 103 Å². The van der Waals surface area contributed by atoms with Gasteiger partial charge < -0.3 is 16.0 Å². The van der Waals surface area contributed by atoms with Crippen molar-refractivity contribution in [3.63, 3.8) is 0 Å². The summed E-state index contributed by atoms with van der Waals surface area (Å²) in [4.78, 5) is 6.81. The summed E-state index contributed by atoms with van der Waals surface area (Å²) in [7, 11) is 2.18. The molecule has 0 saturated carbocycles. The van der Waals surface area contributed by atoms with Gasteiger partial charge in [-0.05, 0) is 58.0 Å². The fraction of sp³-hybridized carbons (Fsp3) is 0.615. The number of likely N-dealkylation sites (tertiary alicyclic amines) is 1. The molecule has 1 fully saturated rings. The Kier molecular flexibility index (Phi) is 3.84. The van der Waals surface area contributed by atoms with Gasteiger partial charge in [-0.1, -0.05) is 0 Å². The number of nitrogens with zero attached hydrogens (tertiary/aromatic N) is 2. The lowest BCUT2D eigenvalue weighted by atomic mass is 9.97. The Morgan fingerprint density at radius 1 is 1.41 bits per heavy atom. The molecule has 4 nitrogen and oxygen atoms in total. The molecule has 1 aromatic heterocycles. The summed E-state index contributed by atoms with van der Waals surface area (Å²) in [6, 6.07) is 3.86. The fourth-order valence-corrected chi connectivity index (χ4v) is 2.22. The minimum atomic E-state index is 0.739. The number of piperidine rings is 1. The lowest BCUT2D eigenvalue weighted by molar-refractivity contribution is 0.226. The van der Waals surface area contributed by atoms with Gasteiger partial charge in [0.25, 0.3) is 0 Å². The standard InChI is InChI=1S/C13H22N4/c1-10-3-4-12(14)13(16-10)15-9-11-5-7-17(2)8-6-11/h3-4,11H,5-9,14H2,1-2H3,(H,15,16). The predicted molar refractivity (Wildman–Crippen MR) is 72.1 cm³/mol. The van der Waals surface area contributed by atoms with Crippen molar-refractivity contribution in [2.75, 3.05) is 37.7 Å². The molecule has 2 heterocycles. The Balaban J connectivity index is 1.87. The highest BCUT2D eigenvalue weighted by Gasteiger charge is 2.16. The van der Waals surface area contributed by atoms with Gasteiger partial charge >= 0.3 is 0 Å². The summed E-state index contributed by atoms with van der Waals surface area (Å²) >= 11 is 0. The number of aromatic nitrogens is 1. The number of nitrogens with two attached hydrogens (primary N) is 1. The summed E-state index contributed by atoms with van der Waals surface area (Å²) in [5.74, 6) is 1.58. The maximum absolute atomic E-state index is 5.89. The van der Waals surface area contributed by atoms with Crippen LogP contribution in [0.2, 0.25) is 0 Å². The largest absolute Gasteiger partial charge is 0.396 e. The number of rotatable bonds is 3. The normalized spacial score (nSPS) is 18.2. The van der Waals surface area contributed by atoms with E-state index < -0.39 is 0 Å². The molecule has 0 amide bonds. The number of anilines is 2. The quantitative estimate of drug-likeness (QED) is 0.836. The van der Waals surface area contributed by atoms with Crippen LogP contribution in [0.3, 0.4) is 0 Å². The smallest absolute Gasteiger partial charge is 0.149 e. The highest BCUT2D eigenvalue weighted by molar-refractivity contribution is 5.61. The molecule has 1 saturated heterocycles. The Bertz CT molecular complexity index is 370. The average molecular weight is 234 g/mol. The fourth-order valence-electron chi connectivity index (χ4n) is 2.22. The number of nitrogen functional groups attached to an aromatic ring is 1. The number of hydrogen-bond acceptors (Lipinski definition) is 4. The predicted octanol–water partition coefficient (Wildman–Crippen LogP) is 1.73. The van der Waals surface area contributed by atoms with Crippen LogP contribution in [0.25, 0.3) is 0 Å². The highest BCUT2D eigenvalue weighted by atomic mass is 15.1. The van der Waals surface area contributed by atoms with Crippen LogP contribution in [0, 0.1) is 12.8 Å². The molecule has 0 unspecified atom stereocenters. The molecule has 0 aromatic carbocycles. The van der Waals surface area contributed by atoms with Crippen LogP contribution in [0.1, 0.15) is 18.5 Å². The van der Waals surface area contributed by atoms with Crippen LogP contribution in [0.15, 0.2) is 12.1 Å². The molecule has 1 aliphatic rings. The molecule has 3 N–H and O–H groups in total. The molecule has 0 radical (unpaired) electrons. The summed E-state index contributed by atoms with van der Waals surface area (Å²) < 4.78 is 0. The van der Waals surface area contributed by atoms with Crippen molar-refractivity contribution in [2.24, 2.45) is 5.92 Å². The van der Waals surface area contributed by atoms with E-state index in [4.69, 9.17) is 5.73 Å². The summed E-state index contributed by atoms with van der Waals surface area (Å²) in [6.07, 6.45) is 2.52. The molecule has 2 rings (SSSR count). The number of pyridine rings is 1. The zero-order chi connectivity index (χ0) is 12.3. The molecule has 0 aliphatic carbocycles. The van der Waals surface area contributed by atoms with Crippen molar-refractivity contribution in [3.05, 3.63) is 17.8 Å². The molecule has 0 atom stereocenters. The highest BCUT2D eigenvalue weighted by Crippen LogP contribution is 2.19. The van der Waals surface area contributed by atoms with Crippen LogP contribution in [-0.4, -0.2) is 36.6 Å². The van der Waals surface area contributed by atoms with Gasteiger partial charge in [0.15, 0.2) is 0 Å². The summed E-state index contributed by atoms with van der Waals surface area (Å²) in [6.45, 7) is 5.36. The maximum Gasteiger partial charge on any atom is 0.149 e. The molecule has 4 heteroatoms. The minimum Gasteiger partial charge on any atom is -0.396 e. The van der Waals surface area contributed by atoms with Gasteiger partial charge in [0.2, 0.25) is 0 Å². The van der Waals surface area contributed by atoms with Gasteiger partial charge in [0.05, 0.1) is 5.69 Å². The van der Waals surface area contributed by atoms with Crippen LogP contribution >= 0.6 is 0 Å². The lowest BCUT2D eigenvalue weighted by Crippen LogP contribution is -2.33. The van der Waals surface area contributed by atoms with Crippen molar-refractivity contribution in [1.29, 1.82) is 0 Å². The zero-order valence-corrected chi connectivity index (χ0v) is 10.7. The third kappa shape index (κ3) is 3.33. The zero-order valence-electron chi connectivity index (χ0n) is 10.7. The molecule has 0 spiro atoms. The number of aryl methyl sites for hydroxylation is 1. The Morgan fingerprint density at radius 2 is 2.12 bits per heavy atom. The molecular formula is C13H22N4. The van der Waals surface area contributed by atoms with E-state index >= 15 is 0 Å². The van der Waals surface area contributed by atoms with Gasteiger partial charge in [0, 0.05) is 12.2 Å². The van der Waals surface area contributed by atoms with Crippen LogP contribution in [0.5, 0.6) is 0 Å². The topological polar surface area (TPSA) is 54.2 Å². The van der Waals surface area contributed by atoms with Crippen molar-refractivity contribution in [3.8, 4) is 0 Å². The van der Waals surface area contributed by atoms with Gasteiger partial charge in [-0.25, -0.2) is 4.98 Å². The Morgan fingerprint density at radius 3 is 2.82 bits per heavy atom. The van der Waals surface area contributed by atoms with Crippen LogP contribution in [0.4, 0.5) is 11.5 Å². The molecule has 1 aromatic rings. The van der Waals surface area contributed by atoms with Gasteiger partial charge in [-0.2, -0.15) is 0 Å². The van der Waals surface area contributed by atoms with E-state index in [-0.39, 0.29) is 0 Å². The molecule has 94 valence electrons. The first-order valence-corrected chi connectivity index (χ1v) is 6.30. The second-order valence-corrected chi connectivity index (χ2v) is 5.02. The van der Waals surface area contributed by atoms with Crippen molar-refractivity contribution in [1.82, 2.24) is 9.88 Å². The average Bonchev–Trinajstić information content (AvgIpc) is 2.32. The second kappa shape index (κ2) is 5.36. The van der Waals surface area contributed by atoms with E-state index in [9.17, 15) is 0 Å². The van der Waals surface area contributed by atoms with E-state index in [2.05, 4.69) is 22.2 Å². The van der Waals surface area contributed by atoms with E-state index in [0.717, 1.165) is 29.7 Å².